The summed E-state index contributed by atoms with van der Waals surface area (Å²) in [5.41, 5.74) is 6.59. The molecule has 0 saturated heterocycles. The fourth-order valence-electron chi connectivity index (χ4n) is 1.13. The Labute approximate surface area is 74.4 Å². The molecule has 0 bridgehead atoms. The third kappa shape index (κ3) is 1.20. The maximum absolute atomic E-state index is 9.49. The Morgan fingerprint density at radius 2 is 2.23 bits per heavy atom. The van der Waals surface area contributed by atoms with Crippen LogP contribution in [0.2, 0.25) is 0 Å². The normalized spacial score (nSPS) is 10.2. The molecule has 13 heavy (non-hydrogen) atoms. The first kappa shape index (κ1) is 7.60. The van der Waals surface area contributed by atoms with E-state index in [0.29, 0.717) is 11.4 Å². The van der Waals surface area contributed by atoms with E-state index in [1.165, 1.54) is 10.9 Å². The molecule has 2 aromatic rings. The van der Waals surface area contributed by atoms with Gasteiger partial charge in [0.05, 0.1) is 18.1 Å². The highest BCUT2D eigenvalue weighted by Crippen LogP contribution is 2.25. The van der Waals surface area contributed by atoms with Crippen LogP contribution >= 0.6 is 0 Å². The van der Waals surface area contributed by atoms with Gasteiger partial charge in [0.25, 0.3) is 0 Å². The monoisotopic (exact) mass is 176 g/mol. The van der Waals surface area contributed by atoms with Crippen molar-refractivity contribution in [1.82, 2.24) is 15.0 Å². The van der Waals surface area contributed by atoms with Gasteiger partial charge in [0, 0.05) is 0 Å². The van der Waals surface area contributed by atoms with Gasteiger partial charge in [-0.05, 0) is 12.1 Å². The maximum atomic E-state index is 9.49. The largest absolute Gasteiger partial charge is 0.506 e. The number of phenols is 1. The smallest absolute Gasteiger partial charge is 0.143 e. The summed E-state index contributed by atoms with van der Waals surface area (Å²) in [6, 6.07) is 4.91. The molecule has 0 aliphatic rings. The number of aromatic hydroxyl groups is 1. The molecule has 5 nitrogen and oxygen atoms in total. The average molecular weight is 176 g/mol. The Morgan fingerprint density at radius 3 is 2.85 bits per heavy atom. The molecule has 0 unspecified atom stereocenters. The Bertz CT molecular complexity index is 390. The van der Waals surface area contributed by atoms with Crippen LogP contribution in [0.25, 0.3) is 5.69 Å². The highest BCUT2D eigenvalue weighted by molar-refractivity contribution is 5.64. The maximum Gasteiger partial charge on any atom is 0.143 e. The van der Waals surface area contributed by atoms with Crippen molar-refractivity contribution in [2.24, 2.45) is 0 Å². The van der Waals surface area contributed by atoms with Crippen LogP contribution in [-0.4, -0.2) is 20.1 Å². The van der Waals surface area contributed by atoms with E-state index in [2.05, 4.69) is 10.3 Å². The third-order valence-corrected chi connectivity index (χ3v) is 1.70. The lowest BCUT2D eigenvalue weighted by atomic mass is 10.2. The molecule has 0 spiro atoms. The lowest BCUT2D eigenvalue weighted by molar-refractivity contribution is 0.470. The molecule has 0 atom stereocenters. The molecular weight excluding hydrogens is 168 g/mol. The number of rotatable bonds is 1. The number of para-hydroxylation sites is 1. The quantitative estimate of drug-likeness (QED) is 0.622. The molecule has 0 aliphatic carbocycles. The fourth-order valence-corrected chi connectivity index (χ4v) is 1.13. The molecule has 0 amide bonds. The molecule has 0 radical (unpaired) electrons. The number of anilines is 1. The molecule has 1 heterocycles. The van der Waals surface area contributed by atoms with Gasteiger partial charge in [0.1, 0.15) is 11.4 Å². The first-order chi connectivity index (χ1) is 6.29. The van der Waals surface area contributed by atoms with Gasteiger partial charge in [0.15, 0.2) is 0 Å². The number of benzene rings is 1. The van der Waals surface area contributed by atoms with Gasteiger partial charge in [-0.3, -0.25) is 0 Å². The van der Waals surface area contributed by atoms with Crippen molar-refractivity contribution >= 4 is 5.69 Å². The van der Waals surface area contributed by atoms with Crippen molar-refractivity contribution in [2.45, 2.75) is 0 Å². The predicted molar refractivity (Wildman–Crippen MR) is 47.4 cm³/mol. The van der Waals surface area contributed by atoms with Crippen LogP contribution in [0.3, 0.4) is 0 Å². The lowest BCUT2D eigenvalue weighted by Gasteiger charge is -2.05. The lowest BCUT2D eigenvalue weighted by Crippen LogP contribution is -2.00. The van der Waals surface area contributed by atoms with Crippen LogP contribution in [0.4, 0.5) is 5.69 Å². The molecule has 1 aromatic carbocycles. The zero-order valence-electron chi connectivity index (χ0n) is 6.75. The molecular formula is C8H8N4O. The Hall–Kier alpha value is -2.04. The molecule has 5 heteroatoms. The molecule has 2 rings (SSSR count). The predicted octanol–water partition coefficient (Wildman–Crippen LogP) is 0.555. The van der Waals surface area contributed by atoms with Crippen LogP contribution < -0.4 is 5.73 Å². The summed E-state index contributed by atoms with van der Waals surface area (Å²) in [7, 11) is 0. The van der Waals surface area contributed by atoms with Crippen molar-refractivity contribution in [2.75, 3.05) is 5.73 Å². The molecule has 3 N–H and O–H groups in total. The van der Waals surface area contributed by atoms with E-state index in [9.17, 15) is 5.11 Å². The van der Waals surface area contributed by atoms with Crippen LogP contribution in [0.5, 0.6) is 5.75 Å². The highest BCUT2D eigenvalue weighted by atomic mass is 16.3. The second kappa shape index (κ2) is 2.78. The van der Waals surface area contributed by atoms with Gasteiger partial charge in [0.2, 0.25) is 0 Å². The van der Waals surface area contributed by atoms with E-state index >= 15 is 0 Å². The summed E-state index contributed by atoms with van der Waals surface area (Å²) in [5, 5.41) is 16.9. The van der Waals surface area contributed by atoms with Crippen molar-refractivity contribution < 1.29 is 5.11 Å². The first-order valence-corrected chi connectivity index (χ1v) is 3.73. The second-order valence-corrected chi connectivity index (χ2v) is 2.56. The minimum atomic E-state index is 0.0884. The van der Waals surface area contributed by atoms with Gasteiger partial charge in [-0.1, -0.05) is 11.3 Å². The summed E-state index contributed by atoms with van der Waals surface area (Å²) in [6.45, 7) is 0. The van der Waals surface area contributed by atoms with E-state index in [1.54, 1.807) is 24.4 Å². The van der Waals surface area contributed by atoms with E-state index < -0.39 is 0 Å². The third-order valence-electron chi connectivity index (χ3n) is 1.70. The van der Waals surface area contributed by atoms with E-state index in [-0.39, 0.29) is 5.75 Å². The van der Waals surface area contributed by atoms with Crippen molar-refractivity contribution in [3.63, 3.8) is 0 Å². The standard InChI is InChI=1S/C8H8N4O/c9-6-2-1-3-7(13)8(6)12-5-4-10-11-12/h1-5,13H,9H2. The van der Waals surface area contributed by atoms with Crippen molar-refractivity contribution in [1.29, 1.82) is 0 Å². The van der Waals surface area contributed by atoms with E-state index in [4.69, 9.17) is 5.73 Å². The molecule has 66 valence electrons. The van der Waals surface area contributed by atoms with Crippen LogP contribution in [0.1, 0.15) is 0 Å². The summed E-state index contributed by atoms with van der Waals surface area (Å²) < 4.78 is 1.42. The molecule has 0 aliphatic heterocycles. The Kier molecular flexibility index (Phi) is 1.63. The topological polar surface area (TPSA) is 77.0 Å². The van der Waals surface area contributed by atoms with Gasteiger partial charge in [-0.25, -0.2) is 4.68 Å². The van der Waals surface area contributed by atoms with Gasteiger partial charge in [-0.15, -0.1) is 5.10 Å². The number of nitrogens with two attached hydrogens (primary N) is 1. The zero-order chi connectivity index (χ0) is 9.26. The second-order valence-electron chi connectivity index (χ2n) is 2.56. The highest BCUT2D eigenvalue weighted by Gasteiger charge is 2.06. The van der Waals surface area contributed by atoms with E-state index in [0.717, 1.165) is 0 Å². The van der Waals surface area contributed by atoms with Crippen LogP contribution in [-0.2, 0) is 0 Å². The van der Waals surface area contributed by atoms with Gasteiger partial charge < -0.3 is 10.8 Å². The summed E-state index contributed by atoms with van der Waals surface area (Å²) in [4.78, 5) is 0. The van der Waals surface area contributed by atoms with Crippen LogP contribution in [0, 0.1) is 0 Å². The zero-order valence-corrected chi connectivity index (χ0v) is 6.75. The number of hydrogen-bond donors (Lipinski definition) is 2. The molecule has 0 saturated carbocycles. The van der Waals surface area contributed by atoms with E-state index in [1.807, 2.05) is 0 Å². The Balaban J connectivity index is 2.64. The minimum Gasteiger partial charge on any atom is -0.506 e. The molecule has 1 aromatic heterocycles. The molecule has 0 fully saturated rings. The number of nitrogens with zero attached hydrogens (tertiary/aromatic N) is 3. The average Bonchev–Trinajstić information content (AvgIpc) is 2.57. The SMILES string of the molecule is Nc1cccc(O)c1-n1ccnn1. The Morgan fingerprint density at radius 1 is 1.38 bits per heavy atom. The van der Waals surface area contributed by atoms with Crippen molar-refractivity contribution in [3.05, 3.63) is 30.6 Å². The first-order valence-electron chi connectivity index (χ1n) is 3.73. The number of hydrogen-bond acceptors (Lipinski definition) is 4. The summed E-state index contributed by atoms with van der Waals surface area (Å²) in [5.74, 6) is 0.0884. The fraction of sp³-hybridized carbons (Fsp3) is 0. The summed E-state index contributed by atoms with van der Waals surface area (Å²) in [6.07, 6.45) is 3.14. The summed E-state index contributed by atoms with van der Waals surface area (Å²) >= 11 is 0. The number of phenolic OH excluding ortho intramolecular Hbond substituents is 1. The number of nitrogen functional groups attached to an aromatic ring is 1. The number of aromatic nitrogens is 3. The van der Waals surface area contributed by atoms with Gasteiger partial charge >= 0.3 is 0 Å². The van der Waals surface area contributed by atoms with Gasteiger partial charge in [-0.2, -0.15) is 0 Å². The minimum absolute atomic E-state index is 0.0884. The van der Waals surface area contributed by atoms with Crippen LogP contribution in [0.15, 0.2) is 30.6 Å². The van der Waals surface area contributed by atoms with Crippen molar-refractivity contribution in [3.8, 4) is 11.4 Å².